The van der Waals surface area contributed by atoms with Crippen molar-refractivity contribution in [2.24, 2.45) is 0 Å². The van der Waals surface area contributed by atoms with Crippen molar-refractivity contribution in [3.05, 3.63) is 35.4 Å². The number of carbonyl (C=O) groups excluding carboxylic acids is 2. The van der Waals surface area contributed by atoms with Crippen LogP contribution in [0.3, 0.4) is 0 Å². The Morgan fingerprint density at radius 2 is 1.62 bits per heavy atom. The van der Waals surface area contributed by atoms with Gasteiger partial charge in [-0.3, -0.25) is 9.59 Å². The first-order valence-corrected chi connectivity index (χ1v) is 7.81. The number of halogens is 3. The molecule has 0 fully saturated rings. The third-order valence-corrected chi connectivity index (χ3v) is 3.26. The number of rotatable bonds is 9. The molecule has 0 aromatic heterocycles. The maximum atomic E-state index is 12.8. The minimum absolute atomic E-state index is 0.125. The first-order chi connectivity index (χ1) is 11.3. The highest BCUT2D eigenvalue weighted by atomic mass is 19.4. The van der Waals surface area contributed by atoms with Gasteiger partial charge in [-0.05, 0) is 12.5 Å². The standard InChI is InChI=1S/C17H21F3O4/c1-2-3-6-11-23-15(21)9-10-16(22)24-12-13-7-4-5-8-14(13)17(18,19)20/h4-5,7-8H,2-3,6,9-12H2,1H3. The Morgan fingerprint density at radius 1 is 1.00 bits per heavy atom. The van der Waals surface area contributed by atoms with Crippen molar-refractivity contribution in [3.63, 3.8) is 0 Å². The van der Waals surface area contributed by atoms with Crippen LogP contribution < -0.4 is 0 Å². The van der Waals surface area contributed by atoms with Crippen LogP contribution in [0.2, 0.25) is 0 Å². The molecule has 0 aliphatic heterocycles. The molecule has 1 aromatic carbocycles. The number of esters is 2. The summed E-state index contributed by atoms with van der Waals surface area (Å²) in [6, 6.07) is 4.88. The second-order valence-electron chi connectivity index (χ2n) is 5.24. The molecule has 0 spiro atoms. The molecule has 1 rings (SSSR count). The molecule has 0 aliphatic carbocycles. The fourth-order valence-electron chi connectivity index (χ4n) is 1.97. The number of hydrogen-bond donors (Lipinski definition) is 0. The average Bonchev–Trinajstić information content (AvgIpc) is 2.54. The maximum absolute atomic E-state index is 12.8. The number of hydrogen-bond acceptors (Lipinski definition) is 4. The number of ether oxygens (including phenoxy) is 2. The minimum atomic E-state index is -4.51. The summed E-state index contributed by atoms with van der Waals surface area (Å²) < 4.78 is 48.1. The molecule has 0 radical (unpaired) electrons. The molecule has 0 atom stereocenters. The lowest BCUT2D eigenvalue weighted by atomic mass is 10.1. The van der Waals surface area contributed by atoms with Crippen molar-refractivity contribution in [1.29, 1.82) is 0 Å². The lowest BCUT2D eigenvalue weighted by Crippen LogP contribution is -2.13. The fourth-order valence-corrected chi connectivity index (χ4v) is 1.97. The quantitative estimate of drug-likeness (QED) is 0.495. The normalized spacial score (nSPS) is 11.2. The Kier molecular flexibility index (Phi) is 8.29. The van der Waals surface area contributed by atoms with Crippen LogP contribution >= 0.6 is 0 Å². The van der Waals surface area contributed by atoms with Crippen LogP contribution in [0.15, 0.2) is 24.3 Å². The Hall–Kier alpha value is -2.05. The molecule has 1 aromatic rings. The zero-order chi connectivity index (χ0) is 18.0. The first-order valence-electron chi connectivity index (χ1n) is 7.81. The van der Waals surface area contributed by atoms with E-state index >= 15 is 0 Å². The summed E-state index contributed by atoms with van der Waals surface area (Å²) in [4.78, 5) is 22.9. The van der Waals surface area contributed by atoms with Crippen LogP contribution in [0.1, 0.15) is 50.2 Å². The van der Waals surface area contributed by atoms with Crippen molar-refractivity contribution in [3.8, 4) is 0 Å². The van der Waals surface area contributed by atoms with Crippen molar-refractivity contribution in [2.45, 2.75) is 51.8 Å². The van der Waals surface area contributed by atoms with E-state index < -0.39 is 30.3 Å². The zero-order valence-corrected chi connectivity index (χ0v) is 13.5. The van der Waals surface area contributed by atoms with Crippen molar-refractivity contribution in [1.82, 2.24) is 0 Å². The van der Waals surface area contributed by atoms with Gasteiger partial charge in [0.1, 0.15) is 6.61 Å². The van der Waals surface area contributed by atoms with Crippen molar-refractivity contribution < 1.29 is 32.2 Å². The highest BCUT2D eigenvalue weighted by Crippen LogP contribution is 2.32. The molecule has 24 heavy (non-hydrogen) atoms. The fraction of sp³-hybridized carbons (Fsp3) is 0.529. The van der Waals surface area contributed by atoms with Crippen LogP contribution in [-0.4, -0.2) is 18.5 Å². The van der Waals surface area contributed by atoms with Crippen LogP contribution in [0.25, 0.3) is 0 Å². The molecule has 0 bridgehead atoms. The number of benzene rings is 1. The minimum Gasteiger partial charge on any atom is -0.466 e. The van der Waals surface area contributed by atoms with Crippen molar-refractivity contribution >= 4 is 11.9 Å². The summed E-state index contributed by atoms with van der Waals surface area (Å²) in [7, 11) is 0. The lowest BCUT2D eigenvalue weighted by molar-refractivity contribution is -0.152. The van der Waals surface area contributed by atoms with E-state index in [1.165, 1.54) is 18.2 Å². The Morgan fingerprint density at radius 3 is 2.25 bits per heavy atom. The zero-order valence-electron chi connectivity index (χ0n) is 13.5. The molecule has 0 N–H and O–H groups in total. The smallest absolute Gasteiger partial charge is 0.416 e. The van der Waals surface area contributed by atoms with Crippen LogP contribution in [0.4, 0.5) is 13.2 Å². The highest BCUT2D eigenvalue weighted by molar-refractivity contribution is 5.77. The van der Waals surface area contributed by atoms with Crippen molar-refractivity contribution in [2.75, 3.05) is 6.61 Å². The molecule has 0 saturated heterocycles. The van der Waals surface area contributed by atoms with E-state index in [-0.39, 0.29) is 18.4 Å². The lowest BCUT2D eigenvalue weighted by Gasteiger charge is -2.12. The largest absolute Gasteiger partial charge is 0.466 e. The van der Waals surface area contributed by atoms with Crippen LogP contribution in [-0.2, 0) is 31.8 Å². The van der Waals surface area contributed by atoms with E-state index in [4.69, 9.17) is 9.47 Å². The van der Waals surface area contributed by atoms with E-state index in [1.54, 1.807) is 0 Å². The Labute approximate surface area is 138 Å². The van der Waals surface area contributed by atoms with Gasteiger partial charge in [-0.15, -0.1) is 0 Å². The van der Waals surface area contributed by atoms with Gasteiger partial charge in [-0.25, -0.2) is 0 Å². The SMILES string of the molecule is CCCCCOC(=O)CCC(=O)OCc1ccccc1C(F)(F)F. The summed E-state index contributed by atoms with van der Waals surface area (Å²) in [6.07, 6.45) is -2.16. The van der Waals surface area contributed by atoms with Gasteiger partial charge in [0.2, 0.25) is 0 Å². The third-order valence-electron chi connectivity index (χ3n) is 3.26. The van der Waals surface area contributed by atoms with E-state index in [1.807, 2.05) is 6.92 Å². The number of carbonyl (C=O) groups is 2. The molecule has 0 amide bonds. The maximum Gasteiger partial charge on any atom is 0.416 e. The van der Waals surface area contributed by atoms with E-state index in [9.17, 15) is 22.8 Å². The first kappa shape index (κ1) is 20.0. The second kappa shape index (κ2) is 9.95. The molecular formula is C17H21F3O4. The van der Waals surface area contributed by atoms with Gasteiger partial charge >= 0.3 is 18.1 Å². The monoisotopic (exact) mass is 346 g/mol. The summed E-state index contributed by atoms with van der Waals surface area (Å²) in [6.45, 7) is 1.84. The molecule has 0 aliphatic rings. The highest BCUT2D eigenvalue weighted by Gasteiger charge is 2.33. The molecule has 0 unspecified atom stereocenters. The second-order valence-corrected chi connectivity index (χ2v) is 5.24. The van der Waals surface area contributed by atoms with E-state index in [2.05, 4.69) is 0 Å². The molecule has 7 heteroatoms. The predicted octanol–water partition coefficient (Wildman–Crippen LogP) is 4.26. The van der Waals surface area contributed by atoms with E-state index in [0.29, 0.717) is 6.61 Å². The number of alkyl halides is 3. The summed E-state index contributed by atoms with van der Waals surface area (Å²) >= 11 is 0. The van der Waals surface area contributed by atoms with Gasteiger partial charge in [0.25, 0.3) is 0 Å². The van der Waals surface area contributed by atoms with Gasteiger partial charge in [0.05, 0.1) is 25.0 Å². The van der Waals surface area contributed by atoms with Crippen LogP contribution in [0, 0.1) is 0 Å². The van der Waals surface area contributed by atoms with Gasteiger partial charge in [-0.2, -0.15) is 13.2 Å². The average molecular weight is 346 g/mol. The van der Waals surface area contributed by atoms with Crippen LogP contribution in [0.5, 0.6) is 0 Å². The molecule has 134 valence electrons. The molecule has 4 nitrogen and oxygen atoms in total. The summed E-state index contributed by atoms with van der Waals surface area (Å²) in [5, 5.41) is 0. The molecular weight excluding hydrogens is 325 g/mol. The Bertz CT molecular complexity index is 541. The van der Waals surface area contributed by atoms with Gasteiger partial charge in [-0.1, -0.05) is 38.0 Å². The van der Waals surface area contributed by atoms with Gasteiger partial charge < -0.3 is 9.47 Å². The molecule has 0 saturated carbocycles. The predicted molar refractivity (Wildman–Crippen MR) is 81.0 cm³/mol. The molecule has 0 heterocycles. The number of unbranched alkanes of at least 4 members (excludes halogenated alkanes) is 2. The van der Waals surface area contributed by atoms with E-state index in [0.717, 1.165) is 25.3 Å². The summed E-state index contributed by atoms with van der Waals surface area (Å²) in [5.41, 5.74) is -0.964. The topological polar surface area (TPSA) is 52.6 Å². The third kappa shape index (κ3) is 7.48. The Balaban J connectivity index is 2.36. The van der Waals surface area contributed by atoms with Gasteiger partial charge in [0, 0.05) is 5.56 Å². The summed E-state index contributed by atoms with van der Waals surface area (Å²) in [5.74, 6) is -1.25. The van der Waals surface area contributed by atoms with Gasteiger partial charge in [0.15, 0.2) is 0 Å².